The highest BCUT2D eigenvalue weighted by molar-refractivity contribution is 7.09. The lowest BCUT2D eigenvalue weighted by molar-refractivity contribution is 0.283. The topological polar surface area (TPSA) is 42.2 Å². The van der Waals surface area contributed by atoms with Crippen LogP contribution in [-0.4, -0.2) is 20.3 Å². The van der Waals surface area contributed by atoms with Gasteiger partial charge in [-0.15, -0.1) is 16.4 Å². The minimum atomic E-state index is -1.06. The van der Waals surface area contributed by atoms with Crippen molar-refractivity contribution >= 4 is 45.9 Å². The summed E-state index contributed by atoms with van der Waals surface area (Å²) in [5.41, 5.74) is -0.572. The van der Waals surface area contributed by atoms with Crippen LogP contribution in [0.2, 0.25) is 10.4 Å². The van der Waals surface area contributed by atoms with Crippen molar-refractivity contribution in [2.24, 2.45) is 0 Å². The first-order valence-corrected chi connectivity index (χ1v) is 9.98. The second-order valence-corrected chi connectivity index (χ2v) is 8.24. The fourth-order valence-corrected chi connectivity index (χ4v) is 4.09. The maximum Gasteiger partial charge on any atom is 0.243 e. The second-order valence-electron chi connectivity index (χ2n) is 6.51. The molecule has 0 spiro atoms. The number of halogens is 4. The van der Waals surface area contributed by atoms with Gasteiger partial charge in [-0.3, -0.25) is 0 Å². The fourth-order valence-electron chi connectivity index (χ4n) is 2.99. The number of thiophene rings is 1. The Morgan fingerprint density at radius 1 is 1.35 bits per heavy atom. The first-order chi connectivity index (χ1) is 12.5. The zero-order valence-corrected chi connectivity index (χ0v) is 16.1. The van der Waals surface area contributed by atoms with Gasteiger partial charge in [0.1, 0.15) is 16.3 Å². The summed E-state index contributed by atoms with van der Waals surface area (Å²) in [5, 5.41) is 9.20. The molecule has 26 heavy (non-hydrogen) atoms. The van der Waals surface area contributed by atoms with E-state index in [1.54, 1.807) is 11.3 Å². The van der Waals surface area contributed by atoms with Crippen molar-refractivity contribution < 1.29 is 8.78 Å². The SMILES string of the molecule is Fc1c(CCCC2(F)CC2)c(Cl)n2nc(Cl)nc(NCc3cccs3)c12. The molecule has 1 aliphatic rings. The zero-order valence-electron chi connectivity index (χ0n) is 13.7. The number of hydrogen-bond donors (Lipinski definition) is 1. The first kappa shape index (κ1) is 17.9. The van der Waals surface area contributed by atoms with E-state index in [2.05, 4.69) is 15.4 Å². The summed E-state index contributed by atoms with van der Waals surface area (Å²) in [6, 6.07) is 3.91. The molecule has 4 nitrogen and oxygen atoms in total. The second kappa shape index (κ2) is 6.94. The lowest BCUT2D eigenvalue weighted by atomic mass is 10.1. The van der Waals surface area contributed by atoms with E-state index in [0.29, 0.717) is 44.2 Å². The highest BCUT2D eigenvalue weighted by atomic mass is 35.5. The molecule has 0 aromatic carbocycles. The van der Waals surface area contributed by atoms with E-state index >= 15 is 4.39 Å². The van der Waals surface area contributed by atoms with Gasteiger partial charge >= 0.3 is 0 Å². The molecule has 1 aliphatic carbocycles. The molecule has 3 aromatic rings. The Kier molecular flexibility index (Phi) is 4.79. The molecule has 1 fully saturated rings. The van der Waals surface area contributed by atoms with Crippen LogP contribution in [0.1, 0.15) is 36.1 Å². The molecule has 0 unspecified atom stereocenters. The van der Waals surface area contributed by atoms with Crippen LogP contribution < -0.4 is 5.32 Å². The number of aromatic nitrogens is 3. The van der Waals surface area contributed by atoms with Gasteiger partial charge in [0.2, 0.25) is 5.28 Å². The third-order valence-electron chi connectivity index (χ3n) is 4.58. The summed E-state index contributed by atoms with van der Waals surface area (Å²) in [6.07, 6.45) is 2.49. The van der Waals surface area contributed by atoms with Gasteiger partial charge in [-0.1, -0.05) is 17.7 Å². The summed E-state index contributed by atoms with van der Waals surface area (Å²) in [5.74, 6) is -0.197. The van der Waals surface area contributed by atoms with Crippen LogP contribution in [0.15, 0.2) is 17.5 Å². The van der Waals surface area contributed by atoms with Gasteiger partial charge in [-0.25, -0.2) is 13.3 Å². The van der Waals surface area contributed by atoms with Gasteiger partial charge in [-0.2, -0.15) is 4.98 Å². The first-order valence-electron chi connectivity index (χ1n) is 8.34. The van der Waals surface area contributed by atoms with Crippen LogP contribution in [0.4, 0.5) is 14.6 Å². The third-order valence-corrected chi connectivity index (χ3v) is 6.01. The Morgan fingerprint density at radius 2 is 2.15 bits per heavy atom. The van der Waals surface area contributed by atoms with Crippen molar-refractivity contribution in [2.75, 3.05) is 5.32 Å². The number of alkyl halides is 1. The summed E-state index contributed by atoms with van der Waals surface area (Å²) in [6.45, 7) is 0.489. The third kappa shape index (κ3) is 3.52. The molecule has 0 aliphatic heterocycles. The molecule has 4 rings (SSSR count). The van der Waals surface area contributed by atoms with E-state index in [0.717, 1.165) is 4.88 Å². The number of hydrogen-bond acceptors (Lipinski definition) is 4. The quantitative estimate of drug-likeness (QED) is 0.538. The Bertz CT molecular complexity index is 938. The van der Waals surface area contributed by atoms with Gasteiger partial charge in [0.25, 0.3) is 0 Å². The van der Waals surface area contributed by atoms with Gasteiger partial charge in [0.05, 0.1) is 6.54 Å². The van der Waals surface area contributed by atoms with Crippen molar-refractivity contribution in [3.8, 4) is 0 Å². The van der Waals surface area contributed by atoms with E-state index in [1.165, 1.54) is 4.52 Å². The molecule has 9 heteroatoms. The van der Waals surface area contributed by atoms with Crippen molar-refractivity contribution in [2.45, 2.75) is 44.3 Å². The number of nitrogens with zero attached hydrogens (tertiary/aromatic N) is 3. The average Bonchev–Trinajstić information content (AvgIpc) is 3.04. The number of rotatable bonds is 7. The molecule has 1 N–H and O–H groups in total. The van der Waals surface area contributed by atoms with Crippen LogP contribution in [0, 0.1) is 5.82 Å². The molecule has 0 radical (unpaired) electrons. The molecule has 0 bridgehead atoms. The standard InChI is InChI=1S/C17H16Cl2F2N4S/c18-14-11(4-1-5-17(21)6-7-17)12(20)13-15(23-16(19)24-25(13)14)22-9-10-3-2-8-26-10/h2-3,8H,1,4-7,9H2,(H,22,23,24). The summed E-state index contributed by atoms with van der Waals surface area (Å²) >= 11 is 13.9. The normalized spacial score (nSPS) is 15.5. The smallest absolute Gasteiger partial charge is 0.243 e. The van der Waals surface area contributed by atoms with Crippen molar-refractivity contribution in [3.63, 3.8) is 0 Å². The van der Waals surface area contributed by atoms with Crippen molar-refractivity contribution in [3.05, 3.63) is 44.2 Å². The minimum Gasteiger partial charge on any atom is -0.363 e. The molecule has 3 heterocycles. The molecule has 0 saturated heterocycles. The zero-order chi connectivity index (χ0) is 18.3. The molecular formula is C17H16Cl2F2N4S. The molecule has 0 atom stereocenters. The molecule has 0 amide bonds. The maximum atomic E-state index is 15.0. The number of nitrogens with one attached hydrogen (secondary N) is 1. The van der Waals surface area contributed by atoms with Gasteiger partial charge < -0.3 is 5.32 Å². The van der Waals surface area contributed by atoms with Crippen LogP contribution in [0.5, 0.6) is 0 Å². The van der Waals surface area contributed by atoms with Crippen molar-refractivity contribution in [1.82, 2.24) is 14.6 Å². The maximum absolute atomic E-state index is 15.0. The number of anilines is 1. The summed E-state index contributed by atoms with van der Waals surface area (Å²) in [7, 11) is 0. The summed E-state index contributed by atoms with van der Waals surface area (Å²) < 4.78 is 30.1. The van der Waals surface area contributed by atoms with E-state index in [-0.39, 0.29) is 21.8 Å². The number of fused-ring (bicyclic) bond motifs is 1. The fraction of sp³-hybridized carbons (Fsp3) is 0.412. The van der Waals surface area contributed by atoms with E-state index < -0.39 is 11.5 Å². The van der Waals surface area contributed by atoms with Crippen LogP contribution >= 0.6 is 34.5 Å². The van der Waals surface area contributed by atoms with Gasteiger partial charge in [0, 0.05) is 10.4 Å². The Labute approximate surface area is 163 Å². The van der Waals surface area contributed by atoms with Crippen LogP contribution in [0.3, 0.4) is 0 Å². The minimum absolute atomic E-state index is 0.0321. The van der Waals surface area contributed by atoms with Gasteiger partial charge in [-0.05, 0) is 55.2 Å². The lowest BCUT2D eigenvalue weighted by Gasteiger charge is -2.07. The van der Waals surface area contributed by atoms with Crippen LogP contribution in [0.25, 0.3) is 5.52 Å². The molecule has 1 saturated carbocycles. The lowest BCUT2D eigenvalue weighted by Crippen LogP contribution is -2.05. The molecule has 3 aromatic heterocycles. The molecular weight excluding hydrogens is 401 g/mol. The highest BCUT2D eigenvalue weighted by Crippen LogP contribution is 2.44. The van der Waals surface area contributed by atoms with E-state index in [4.69, 9.17) is 23.2 Å². The monoisotopic (exact) mass is 416 g/mol. The van der Waals surface area contributed by atoms with Gasteiger partial charge in [0.15, 0.2) is 11.6 Å². The Morgan fingerprint density at radius 3 is 2.85 bits per heavy atom. The van der Waals surface area contributed by atoms with Crippen LogP contribution in [-0.2, 0) is 13.0 Å². The van der Waals surface area contributed by atoms with Crippen molar-refractivity contribution in [1.29, 1.82) is 0 Å². The average molecular weight is 417 g/mol. The van der Waals surface area contributed by atoms with E-state index in [1.807, 2.05) is 17.5 Å². The predicted octanol–water partition coefficient (Wildman–Crippen LogP) is 5.67. The Hall–Kier alpha value is -1.44. The predicted molar refractivity (Wildman–Crippen MR) is 101 cm³/mol. The Balaban J connectivity index is 1.62. The highest BCUT2D eigenvalue weighted by Gasteiger charge is 2.42. The molecule has 138 valence electrons. The largest absolute Gasteiger partial charge is 0.363 e. The van der Waals surface area contributed by atoms with E-state index in [9.17, 15) is 4.39 Å². The summed E-state index contributed by atoms with van der Waals surface area (Å²) in [4.78, 5) is 5.19.